The van der Waals surface area contributed by atoms with Crippen molar-refractivity contribution in [2.45, 2.75) is 38.6 Å². The monoisotopic (exact) mass is 323 g/mol. The third kappa shape index (κ3) is 3.64. The number of aromatic nitrogens is 2. The second-order valence-corrected chi connectivity index (χ2v) is 5.65. The first-order valence-electron chi connectivity index (χ1n) is 6.42. The van der Waals surface area contributed by atoms with Gasteiger partial charge in [0.2, 0.25) is 5.89 Å². The largest absolute Gasteiger partial charge is 0.339 e. The van der Waals surface area contributed by atoms with E-state index < -0.39 is 0 Å². The molecule has 0 amide bonds. The van der Waals surface area contributed by atoms with E-state index in [0.717, 1.165) is 16.5 Å². The normalized spacial score (nSPS) is 14.3. The summed E-state index contributed by atoms with van der Waals surface area (Å²) in [7, 11) is 0. The van der Waals surface area contributed by atoms with Crippen molar-refractivity contribution in [1.82, 2.24) is 10.1 Å². The minimum absolute atomic E-state index is 0.0177. The number of halogens is 1. The van der Waals surface area contributed by atoms with Gasteiger partial charge in [-0.05, 0) is 31.0 Å². The Morgan fingerprint density at radius 1 is 1.42 bits per heavy atom. The fourth-order valence-corrected chi connectivity index (χ4v) is 2.54. The van der Waals surface area contributed by atoms with Crippen molar-refractivity contribution in [2.75, 3.05) is 0 Å². The summed E-state index contributed by atoms with van der Waals surface area (Å²) < 4.78 is 6.38. The molecule has 2 aromatic rings. The van der Waals surface area contributed by atoms with Crippen LogP contribution in [0.4, 0.5) is 0 Å². The van der Waals surface area contributed by atoms with E-state index in [4.69, 9.17) is 10.3 Å². The molecule has 0 saturated heterocycles. The number of hydrogen-bond acceptors (Lipinski definition) is 4. The summed E-state index contributed by atoms with van der Waals surface area (Å²) in [6.45, 7) is 4.04. The predicted molar refractivity (Wildman–Crippen MR) is 77.9 cm³/mol. The van der Waals surface area contributed by atoms with E-state index in [1.54, 1.807) is 0 Å². The molecule has 19 heavy (non-hydrogen) atoms. The van der Waals surface area contributed by atoms with E-state index in [2.05, 4.69) is 39.1 Å². The van der Waals surface area contributed by atoms with Crippen LogP contribution in [0, 0.1) is 0 Å². The highest BCUT2D eigenvalue weighted by Gasteiger charge is 2.21. The lowest BCUT2D eigenvalue weighted by molar-refractivity contribution is 0.331. The molecule has 0 fully saturated rings. The standard InChI is InChI=1S/C14H18BrN3O/c1-3-12(9(2)16)14-17-13(18-19-14)8-10-5-4-6-11(15)7-10/h4-7,9,12H,3,8,16H2,1-2H3. The molecule has 0 radical (unpaired) electrons. The lowest BCUT2D eigenvalue weighted by atomic mass is 9.99. The van der Waals surface area contributed by atoms with Crippen molar-refractivity contribution in [3.05, 3.63) is 46.0 Å². The van der Waals surface area contributed by atoms with Crippen LogP contribution in [0.2, 0.25) is 0 Å². The average Bonchev–Trinajstić information content (AvgIpc) is 2.78. The van der Waals surface area contributed by atoms with Gasteiger partial charge in [-0.3, -0.25) is 0 Å². The fourth-order valence-electron chi connectivity index (χ4n) is 2.09. The van der Waals surface area contributed by atoms with Crippen LogP contribution in [0.25, 0.3) is 0 Å². The molecular weight excluding hydrogens is 306 g/mol. The van der Waals surface area contributed by atoms with Crippen molar-refractivity contribution < 1.29 is 4.52 Å². The van der Waals surface area contributed by atoms with Crippen LogP contribution in [0.3, 0.4) is 0 Å². The zero-order chi connectivity index (χ0) is 13.8. The molecule has 1 aromatic carbocycles. The van der Waals surface area contributed by atoms with E-state index in [0.29, 0.717) is 18.1 Å². The Labute approximate surface area is 121 Å². The summed E-state index contributed by atoms with van der Waals surface area (Å²) in [6, 6.07) is 8.11. The molecule has 1 aromatic heterocycles. The number of benzene rings is 1. The summed E-state index contributed by atoms with van der Waals surface area (Å²) >= 11 is 3.45. The van der Waals surface area contributed by atoms with Gasteiger partial charge in [-0.15, -0.1) is 0 Å². The van der Waals surface area contributed by atoms with Crippen LogP contribution >= 0.6 is 15.9 Å². The van der Waals surface area contributed by atoms with Gasteiger partial charge in [0.1, 0.15) is 0 Å². The summed E-state index contributed by atoms with van der Waals surface area (Å²) in [5.74, 6) is 1.47. The Morgan fingerprint density at radius 2 is 2.21 bits per heavy atom. The first-order chi connectivity index (χ1) is 9.10. The van der Waals surface area contributed by atoms with Gasteiger partial charge in [-0.2, -0.15) is 4.98 Å². The van der Waals surface area contributed by atoms with Crippen LogP contribution in [-0.4, -0.2) is 16.2 Å². The second-order valence-electron chi connectivity index (χ2n) is 4.73. The number of nitrogens with two attached hydrogens (primary N) is 1. The molecule has 0 bridgehead atoms. The van der Waals surface area contributed by atoms with Gasteiger partial charge in [-0.1, -0.05) is 40.1 Å². The van der Waals surface area contributed by atoms with Crippen molar-refractivity contribution in [1.29, 1.82) is 0 Å². The van der Waals surface area contributed by atoms with Crippen molar-refractivity contribution in [3.8, 4) is 0 Å². The van der Waals surface area contributed by atoms with Crippen LogP contribution in [0.1, 0.15) is 43.5 Å². The van der Waals surface area contributed by atoms with Crippen LogP contribution in [0.15, 0.2) is 33.3 Å². The Kier molecular flexibility index (Phi) is 4.71. The molecule has 0 saturated carbocycles. The highest BCUT2D eigenvalue weighted by atomic mass is 79.9. The van der Waals surface area contributed by atoms with Crippen molar-refractivity contribution in [2.24, 2.45) is 5.73 Å². The average molecular weight is 324 g/mol. The van der Waals surface area contributed by atoms with Gasteiger partial charge < -0.3 is 10.3 Å². The van der Waals surface area contributed by atoms with E-state index in [1.165, 1.54) is 0 Å². The van der Waals surface area contributed by atoms with E-state index in [9.17, 15) is 0 Å². The van der Waals surface area contributed by atoms with Gasteiger partial charge in [0.05, 0.1) is 5.92 Å². The summed E-state index contributed by atoms with van der Waals surface area (Å²) in [6.07, 6.45) is 1.56. The molecule has 0 aliphatic heterocycles. The number of hydrogen-bond donors (Lipinski definition) is 1. The van der Waals surface area contributed by atoms with E-state index in [1.807, 2.05) is 25.1 Å². The van der Waals surface area contributed by atoms with Crippen LogP contribution < -0.4 is 5.73 Å². The molecule has 0 aliphatic carbocycles. The molecular formula is C14H18BrN3O. The molecule has 4 nitrogen and oxygen atoms in total. The molecule has 2 N–H and O–H groups in total. The smallest absolute Gasteiger partial charge is 0.231 e. The first kappa shape index (κ1) is 14.2. The fraction of sp³-hybridized carbons (Fsp3) is 0.429. The molecule has 0 aliphatic rings. The Hall–Kier alpha value is -1.20. The van der Waals surface area contributed by atoms with Gasteiger partial charge in [0.15, 0.2) is 5.82 Å². The maximum atomic E-state index is 5.93. The van der Waals surface area contributed by atoms with E-state index >= 15 is 0 Å². The minimum Gasteiger partial charge on any atom is -0.339 e. The Bertz CT molecular complexity index is 539. The Morgan fingerprint density at radius 3 is 2.84 bits per heavy atom. The maximum Gasteiger partial charge on any atom is 0.231 e. The third-order valence-electron chi connectivity index (χ3n) is 3.13. The Balaban J connectivity index is 2.13. The van der Waals surface area contributed by atoms with Crippen molar-refractivity contribution >= 4 is 15.9 Å². The topological polar surface area (TPSA) is 64.9 Å². The third-order valence-corrected chi connectivity index (χ3v) is 3.62. The molecule has 102 valence electrons. The zero-order valence-electron chi connectivity index (χ0n) is 11.1. The number of rotatable bonds is 5. The maximum absolute atomic E-state index is 5.93. The lowest BCUT2D eigenvalue weighted by Gasteiger charge is -2.13. The SMILES string of the molecule is CCC(c1nc(Cc2cccc(Br)c2)no1)C(C)N. The second kappa shape index (κ2) is 6.30. The molecule has 2 unspecified atom stereocenters. The highest BCUT2D eigenvalue weighted by molar-refractivity contribution is 9.10. The molecule has 1 heterocycles. The minimum atomic E-state index is 0.0177. The van der Waals surface area contributed by atoms with Gasteiger partial charge >= 0.3 is 0 Å². The summed E-state index contributed by atoms with van der Waals surface area (Å²) in [5, 5.41) is 4.04. The molecule has 0 spiro atoms. The van der Waals surface area contributed by atoms with Crippen LogP contribution in [-0.2, 0) is 6.42 Å². The van der Waals surface area contributed by atoms with Gasteiger partial charge in [-0.25, -0.2) is 0 Å². The molecule has 2 rings (SSSR count). The quantitative estimate of drug-likeness (QED) is 0.917. The predicted octanol–water partition coefficient (Wildman–Crippen LogP) is 3.26. The summed E-state index contributed by atoms with van der Waals surface area (Å²) in [4.78, 5) is 4.45. The van der Waals surface area contributed by atoms with Crippen LogP contribution in [0.5, 0.6) is 0 Å². The van der Waals surface area contributed by atoms with Gasteiger partial charge in [0.25, 0.3) is 0 Å². The van der Waals surface area contributed by atoms with Crippen molar-refractivity contribution in [3.63, 3.8) is 0 Å². The lowest BCUT2D eigenvalue weighted by Crippen LogP contribution is -2.24. The van der Waals surface area contributed by atoms with Gasteiger partial charge in [0, 0.05) is 16.9 Å². The molecule has 2 atom stereocenters. The highest BCUT2D eigenvalue weighted by Crippen LogP contribution is 2.21. The van der Waals surface area contributed by atoms with E-state index in [-0.39, 0.29) is 12.0 Å². The number of nitrogens with zero attached hydrogens (tertiary/aromatic N) is 2. The zero-order valence-corrected chi connectivity index (χ0v) is 12.7. The summed E-state index contributed by atoms with van der Waals surface area (Å²) in [5.41, 5.74) is 7.08. The first-order valence-corrected chi connectivity index (χ1v) is 7.22. The molecule has 5 heteroatoms.